The molecule has 2 aliphatic heterocycles. The van der Waals surface area contributed by atoms with Crippen molar-refractivity contribution in [3.8, 4) is 0 Å². The molecule has 0 aliphatic carbocycles. The van der Waals surface area contributed by atoms with Gasteiger partial charge in [0.05, 0.1) is 11.9 Å². The lowest BCUT2D eigenvalue weighted by molar-refractivity contribution is -0.124. The van der Waals surface area contributed by atoms with Crippen LogP contribution in [0.3, 0.4) is 0 Å². The maximum Gasteiger partial charge on any atom is 0.274 e. The first-order valence-corrected chi connectivity index (χ1v) is 9.85. The van der Waals surface area contributed by atoms with E-state index in [1.165, 1.54) is 0 Å². The number of aryl methyl sites for hydroxylation is 1. The van der Waals surface area contributed by atoms with Gasteiger partial charge in [0.15, 0.2) is 5.82 Å². The van der Waals surface area contributed by atoms with Crippen molar-refractivity contribution in [1.82, 2.24) is 14.8 Å². The molecule has 0 aromatic carbocycles. The molecule has 158 valence electrons. The Morgan fingerprint density at radius 1 is 1.40 bits per heavy atom. The summed E-state index contributed by atoms with van der Waals surface area (Å²) in [5.41, 5.74) is 7.09. The summed E-state index contributed by atoms with van der Waals surface area (Å²) in [5.74, 6) is 0.0364. The number of amides is 2. The van der Waals surface area contributed by atoms with Crippen LogP contribution in [0.4, 0.5) is 11.5 Å². The normalized spacial score (nSPS) is 20.3. The third kappa shape index (κ3) is 3.65. The van der Waals surface area contributed by atoms with Gasteiger partial charge in [-0.1, -0.05) is 25.1 Å². The van der Waals surface area contributed by atoms with E-state index in [-0.39, 0.29) is 17.7 Å². The molecule has 10 nitrogen and oxygen atoms in total. The van der Waals surface area contributed by atoms with Crippen molar-refractivity contribution >= 4 is 29.0 Å². The summed E-state index contributed by atoms with van der Waals surface area (Å²) in [4.78, 5) is 36.9. The lowest BCUT2D eigenvalue weighted by Crippen LogP contribution is -2.32. The van der Waals surface area contributed by atoms with E-state index in [1.54, 1.807) is 41.0 Å². The number of carbonyl (C=O) groups is 2. The summed E-state index contributed by atoms with van der Waals surface area (Å²) in [6, 6.07) is 5.14. The minimum atomic E-state index is -0.444. The van der Waals surface area contributed by atoms with Gasteiger partial charge in [-0.3, -0.25) is 19.2 Å². The molecule has 4 heterocycles. The van der Waals surface area contributed by atoms with E-state index >= 15 is 0 Å². The Hall–Kier alpha value is -3.27. The van der Waals surface area contributed by atoms with E-state index in [4.69, 9.17) is 10.6 Å². The fourth-order valence-corrected chi connectivity index (χ4v) is 3.55. The number of anilines is 2. The minimum Gasteiger partial charge on any atom is -0.390 e. The van der Waals surface area contributed by atoms with Crippen LogP contribution in [0.5, 0.6) is 0 Å². The van der Waals surface area contributed by atoms with Gasteiger partial charge in [0.1, 0.15) is 23.2 Å². The molecule has 3 N–H and O–H groups in total. The van der Waals surface area contributed by atoms with Crippen LogP contribution in [0.25, 0.3) is 0 Å². The van der Waals surface area contributed by atoms with Crippen molar-refractivity contribution in [1.29, 1.82) is 0 Å². The number of nitrogens with zero attached hydrogens (tertiary/aromatic N) is 5. The highest BCUT2D eigenvalue weighted by Crippen LogP contribution is 2.36. The molecule has 2 aliphatic rings. The molecule has 30 heavy (non-hydrogen) atoms. The van der Waals surface area contributed by atoms with Crippen LogP contribution < -0.4 is 16.0 Å². The van der Waals surface area contributed by atoms with Crippen LogP contribution in [0.1, 0.15) is 42.9 Å². The lowest BCUT2D eigenvalue weighted by atomic mass is 9.92. The molecule has 0 radical (unpaired) electrons. The summed E-state index contributed by atoms with van der Waals surface area (Å²) in [6.07, 6.45) is 2.79. The monoisotopic (exact) mass is 411 g/mol. The number of nitrogens with two attached hydrogens (primary N) is 1. The largest absolute Gasteiger partial charge is 0.390 e. The van der Waals surface area contributed by atoms with Crippen molar-refractivity contribution in [3.05, 3.63) is 35.8 Å². The summed E-state index contributed by atoms with van der Waals surface area (Å²) in [7, 11) is 1.75. The average molecular weight is 411 g/mol. The molecule has 2 aromatic heterocycles. The number of hydrogen-bond donors (Lipinski definition) is 2. The number of rotatable bonds is 5. The van der Waals surface area contributed by atoms with E-state index in [0.29, 0.717) is 42.4 Å². The van der Waals surface area contributed by atoms with Gasteiger partial charge in [-0.15, -0.1) is 0 Å². The third-order valence-corrected chi connectivity index (χ3v) is 5.37. The second-order valence-corrected chi connectivity index (χ2v) is 8.20. The molecule has 2 amide bonds. The summed E-state index contributed by atoms with van der Waals surface area (Å²) >= 11 is 0. The Morgan fingerprint density at radius 3 is 2.87 bits per heavy atom. The van der Waals surface area contributed by atoms with Gasteiger partial charge in [-0.25, -0.2) is 4.98 Å². The highest BCUT2D eigenvalue weighted by molar-refractivity contribution is 6.08. The van der Waals surface area contributed by atoms with Crippen LogP contribution >= 0.6 is 0 Å². The van der Waals surface area contributed by atoms with Crippen molar-refractivity contribution in [2.45, 2.75) is 32.8 Å². The first-order chi connectivity index (χ1) is 14.3. The van der Waals surface area contributed by atoms with Crippen LogP contribution in [0, 0.1) is 5.41 Å². The maximum atomic E-state index is 12.9. The Kier molecular flexibility index (Phi) is 5.02. The first kappa shape index (κ1) is 20.0. The summed E-state index contributed by atoms with van der Waals surface area (Å²) in [5, 5.41) is 11.3. The van der Waals surface area contributed by atoms with Crippen molar-refractivity contribution in [2.24, 2.45) is 23.4 Å². The molecule has 1 atom stereocenters. The van der Waals surface area contributed by atoms with E-state index in [1.807, 2.05) is 13.8 Å². The molecule has 1 unspecified atom stereocenters. The van der Waals surface area contributed by atoms with Gasteiger partial charge < -0.3 is 15.9 Å². The number of oxime groups is 1. The summed E-state index contributed by atoms with van der Waals surface area (Å²) < 4.78 is 1.57. The second kappa shape index (κ2) is 7.52. The van der Waals surface area contributed by atoms with Gasteiger partial charge in [-0.2, -0.15) is 5.10 Å². The first-order valence-electron chi connectivity index (χ1n) is 9.85. The molecule has 1 saturated heterocycles. The van der Waals surface area contributed by atoms with Crippen molar-refractivity contribution in [3.63, 3.8) is 0 Å². The number of aromatic nitrogens is 3. The van der Waals surface area contributed by atoms with E-state index in [0.717, 1.165) is 6.42 Å². The molecule has 0 spiro atoms. The fraction of sp³-hybridized carbons (Fsp3) is 0.450. The highest BCUT2D eigenvalue weighted by atomic mass is 16.6. The number of pyridine rings is 1. The molecule has 0 bridgehead atoms. The Balaban J connectivity index is 1.54. The van der Waals surface area contributed by atoms with E-state index in [9.17, 15) is 9.59 Å². The smallest absolute Gasteiger partial charge is 0.274 e. The Morgan fingerprint density at radius 2 is 2.20 bits per heavy atom. The van der Waals surface area contributed by atoms with Gasteiger partial charge in [0.25, 0.3) is 5.91 Å². The standard InChI is InChI=1S/C20H25N7O3/c1-20(2)7-8-27(19(20)29)17-16(11-26(3)24-17)23-18(28)14-6-4-5-13(22-14)15-9-12(10-21)30-25-15/h4-6,11-12H,7-10,21H2,1-3H3,(H,23,28). The number of carbonyl (C=O) groups excluding carboxylic acids is 2. The molecule has 4 rings (SSSR count). The van der Waals surface area contributed by atoms with Gasteiger partial charge in [0.2, 0.25) is 5.91 Å². The Labute approximate surface area is 174 Å². The number of hydrogen-bond acceptors (Lipinski definition) is 7. The SMILES string of the molecule is Cn1cc(NC(=O)c2cccc(C3=NOC(CN)C3)n2)c(N2CCC(C)(C)C2=O)n1. The minimum absolute atomic E-state index is 0.00877. The summed E-state index contributed by atoms with van der Waals surface area (Å²) in [6.45, 7) is 4.75. The topological polar surface area (TPSA) is 128 Å². The molecule has 2 aromatic rings. The molecular formula is C20H25N7O3. The molecule has 0 saturated carbocycles. The van der Waals surface area contributed by atoms with Gasteiger partial charge in [-0.05, 0) is 18.6 Å². The van der Waals surface area contributed by atoms with E-state index in [2.05, 4.69) is 20.6 Å². The maximum absolute atomic E-state index is 12.9. The average Bonchev–Trinajstić information content (AvgIpc) is 3.41. The zero-order valence-corrected chi connectivity index (χ0v) is 17.3. The molecule has 1 fully saturated rings. The highest BCUT2D eigenvalue weighted by Gasteiger charge is 2.41. The van der Waals surface area contributed by atoms with Crippen LogP contribution in [0.2, 0.25) is 0 Å². The molecule has 10 heteroatoms. The van der Waals surface area contributed by atoms with Crippen LogP contribution in [0.15, 0.2) is 29.6 Å². The Bertz CT molecular complexity index is 1030. The number of nitrogens with one attached hydrogen (secondary N) is 1. The third-order valence-electron chi connectivity index (χ3n) is 5.37. The van der Waals surface area contributed by atoms with Gasteiger partial charge >= 0.3 is 0 Å². The zero-order chi connectivity index (χ0) is 21.5. The van der Waals surface area contributed by atoms with Gasteiger partial charge in [0, 0.05) is 32.0 Å². The quantitative estimate of drug-likeness (QED) is 0.763. The lowest BCUT2D eigenvalue weighted by Gasteiger charge is -2.18. The van der Waals surface area contributed by atoms with Crippen molar-refractivity contribution in [2.75, 3.05) is 23.3 Å². The van der Waals surface area contributed by atoms with Crippen LogP contribution in [-0.2, 0) is 16.7 Å². The predicted octanol–water partition coefficient (Wildman–Crippen LogP) is 1.28. The van der Waals surface area contributed by atoms with Crippen molar-refractivity contribution < 1.29 is 14.4 Å². The fourth-order valence-electron chi connectivity index (χ4n) is 3.55. The predicted molar refractivity (Wildman–Crippen MR) is 111 cm³/mol. The molecular weight excluding hydrogens is 386 g/mol. The second-order valence-electron chi connectivity index (χ2n) is 8.20. The zero-order valence-electron chi connectivity index (χ0n) is 17.3. The van der Waals surface area contributed by atoms with Crippen LogP contribution in [-0.4, -0.2) is 51.5 Å². The van der Waals surface area contributed by atoms with E-state index < -0.39 is 11.3 Å².